The van der Waals surface area contributed by atoms with Crippen molar-refractivity contribution >= 4 is 29.7 Å². The van der Waals surface area contributed by atoms with E-state index in [1.54, 1.807) is 20.8 Å². The molecule has 3 aliphatic rings. The molecule has 3 atom stereocenters. The van der Waals surface area contributed by atoms with E-state index in [0.717, 1.165) is 44.2 Å². The normalized spacial score (nSPS) is 16.8. The predicted octanol–water partition coefficient (Wildman–Crippen LogP) is 3.85. The van der Waals surface area contributed by atoms with Gasteiger partial charge in [0.2, 0.25) is 6.10 Å². The molecule has 2 aliphatic carbocycles. The third kappa shape index (κ3) is 14.2. The van der Waals surface area contributed by atoms with Crippen LogP contribution in [0.5, 0.6) is 0 Å². The van der Waals surface area contributed by atoms with Crippen LogP contribution in [-0.4, -0.2) is 99.3 Å². The number of hydrogen-bond donors (Lipinski definition) is 2. The molecule has 1 aromatic rings. The summed E-state index contributed by atoms with van der Waals surface area (Å²) in [5, 5.41) is 12.0. The van der Waals surface area contributed by atoms with Crippen LogP contribution in [0.1, 0.15) is 83.6 Å². The zero-order valence-electron chi connectivity index (χ0n) is 28.9. The molecule has 1 aliphatic heterocycles. The first kappa shape index (κ1) is 39.9. The second kappa shape index (κ2) is 20.9. The van der Waals surface area contributed by atoms with Crippen molar-refractivity contribution in [2.45, 2.75) is 118 Å². The highest BCUT2D eigenvalue weighted by Crippen LogP contribution is 2.38. The highest BCUT2D eigenvalue weighted by Gasteiger charge is 2.32. The number of carbonyl (C=O) groups is 4. The molecule has 2 N–H and O–H groups in total. The molecule has 13 heteroatoms. The van der Waals surface area contributed by atoms with E-state index < -0.39 is 30.2 Å². The summed E-state index contributed by atoms with van der Waals surface area (Å²) >= 11 is 0. The first-order chi connectivity index (χ1) is 22.4. The van der Waals surface area contributed by atoms with Crippen LogP contribution in [0, 0.1) is 0 Å². The van der Waals surface area contributed by atoms with Crippen molar-refractivity contribution in [3.05, 3.63) is 28.3 Å². The van der Waals surface area contributed by atoms with E-state index in [0.29, 0.717) is 13.2 Å². The van der Waals surface area contributed by atoms with Crippen LogP contribution in [-0.2, 0) is 73.2 Å². The van der Waals surface area contributed by atoms with E-state index in [4.69, 9.17) is 24.1 Å². The molecule has 47 heavy (non-hydrogen) atoms. The van der Waals surface area contributed by atoms with E-state index in [1.165, 1.54) is 22.3 Å². The maximum atomic E-state index is 12.6. The molecule has 0 radical (unpaired) electrons. The van der Waals surface area contributed by atoms with Gasteiger partial charge in [-0.15, -0.1) is 0 Å². The number of esters is 3. The summed E-state index contributed by atoms with van der Waals surface area (Å²) in [5.41, 5.74) is 6.00. The molecule has 4 rings (SSSR count). The molecule has 0 saturated carbocycles. The number of fused-ring (bicyclic) bond motifs is 2. The molecule has 13 nitrogen and oxygen atoms in total. The van der Waals surface area contributed by atoms with Gasteiger partial charge in [-0.3, -0.25) is 5.32 Å². The lowest BCUT2D eigenvalue weighted by Crippen LogP contribution is -2.36. The van der Waals surface area contributed by atoms with Gasteiger partial charge in [0.1, 0.15) is 0 Å². The second-order valence-electron chi connectivity index (χ2n) is 11.6. The predicted molar refractivity (Wildman–Crippen MR) is 172 cm³/mol. The van der Waals surface area contributed by atoms with Crippen molar-refractivity contribution in [2.24, 2.45) is 0 Å². The lowest BCUT2D eigenvalue weighted by molar-refractivity contribution is -0.157. The van der Waals surface area contributed by atoms with E-state index in [1.807, 2.05) is 27.7 Å². The highest BCUT2D eigenvalue weighted by atomic mass is 16.6. The Morgan fingerprint density at radius 1 is 0.809 bits per heavy atom. The minimum atomic E-state index is -1.16. The van der Waals surface area contributed by atoms with Gasteiger partial charge in [-0.1, -0.05) is 6.07 Å². The largest absolute Gasteiger partial charge is 0.464 e. The quantitative estimate of drug-likeness (QED) is 0.167. The van der Waals surface area contributed by atoms with Gasteiger partial charge in [0.25, 0.3) is 0 Å². The first-order valence-corrected chi connectivity index (χ1v) is 16.6. The van der Waals surface area contributed by atoms with Crippen molar-refractivity contribution in [1.82, 2.24) is 0 Å². The minimum Gasteiger partial charge on any atom is -0.464 e. The van der Waals surface area contributed by atoms with E-state index in [9.17, 15) is 19.2 Å². The number of carbonyl (C=O) groups excluding carboxylic acids is 4. The van der Waals surface area contributed by atoms with Crippen molar-refractivity contribution in [3.8, 4) is 0 Å². The number of amides is 1. The average molecular weight is 668 g/mol. The maximum absolute atomic E-state index is 12.6. The van der Waals surface area contributed by atoms with Crippen LogP contribution in [0.15, 0.2) is 6.07 Å². The number of aliphatic hydroxyl groups excluding tert-OH is 1. The summed E-state index contributed by atoms with van der Waals surface area (Å²) in [6.07, 6.45) is 3.09. The fraction of sp³-hybridized carbons (Fsp3) is 0.706. The average Bonchev–Trinajstić information content (AvgIpc) is 3.59. The van der Waals surface area contributed by atoms with Crippen LogP contribution in [0.25, 0.3) is 0 Å². The molecule has 0 spiro atoms. The topological polar surface area (TPSA) is 168 Å². The number of benzene rings is 1. The number of aliphatic hydroxyl groups is 1. The summed E-state index contributed by atoms with van der Waals surface area (Å²) in [5.74, 6) is -1.44. The van der Waals surface area contributed by atoms with Crippen LogP contribution in [0.3, 0.4) is 0 Å². The van der Waals surface area contributed by atoms with Crippen molar-refractivity contribution < 1.29 is 57.4 Å². The molecule has 1 amide bonds. The van der Waals surface area contributed by atoms with Gasteiger partial charge in [-0.2, -0.15) is 0 Å². The monoisotopic (exact) mass is 667 g/mol. The fourth-order valence-corrected chi connectivity index (χ4v) is 4.90. The molecule has 1 aromatic carbocycles. The molecular weight excluding hydrogens is 614 g/mol. The zero-order valence-corrected chi connectivity index (χ0v) is 28.9. The molecule has 0 unspecified atom stereocenters. The summed E-state index contributed by atoms with van der Waals surface area (Å²) in [4.78, 5) is 46.0. The van der Waals surface area contributed by atoms with E-state index in [2.05, 4.69) is 25.6 Å². The van der Waals surface area contributed by atoms with Crippen LogP contribution >= 0.6 is 0 Å². The van der Waals surface area contributed by atoms with Gasteiger partial charge in [0, 0.05) is 0 Å². The molecule has 1 heterocycles. The summed E-state index contributed by atoms with van der Waals surface area (Å²) in [6.45, 7) is 14.0. The smallest absolute Gasteiger partial charge is 0.412 e. The van der Waals surface area contributed by atoms with Crippen LogP contribution in [0.4, 0.5) is 10.5 Å². The van der Waals surface area contributed by atoms with Crippen molar-refractivity contribution in [1.29, 1.82) is 0 Å². The Hall–Kier alpha value is -3.26. The standard InChI is InChI=1S/C21H29NO5.C8H16O4.C5H8O3/c1-4-25-20(23)18(12-26-13(2)3)27-21(24)22-19-16-9-5-7-14(16)11-15-8-6-10-17(15)19;1-4-11-8(10)7(9)5-12-6(2)3;1-2-7-5(6)4-3-8-4/h11,13,18H,4-10,12H2,1-3H3,(H,22,24);6-7,9H,4-5H2,1-3H3;4H,2-3H2,1H3/t18-;7-;4-/m111/s1. The van der Waals surface area contributed by atoms with Gasteiger partial charge < -0.3 is 38.3 Å². The number of anilines is 1. The Bertz CT molecular complexity index is 1130. The number of rotatable bonds is 14. The Balaban J connectivity index is 0.000000315. The summed E-state index contributed by atoms with van der Waals surface area (Å²) in [6, 6.07) is 2.30. The summed E-state index contributed by atoms with van der Waals surface area (Å²) in [7, 11) is 0. The van der Waals surface area contributed by atoms with Gasteiger partial charge in [-0.05, 0) is 109 Å². The third-order valence-corrected chi connectivity index (χ3v) is 7.11. The lowest BCUT2D eigenvalue weighted by atomic mass is 9.99. The van der Waals surface area contributed by atoms with E-state index >= 15 is 0 Å². The number of hydrogen-bond acceptors (Lipinski definition) is 12. The second-order valence-corrected chi connectivity index (χ2v) is 11.6. The van der Waals surface area contributed by atoms with Gasteiger partial charge in [0.15, 0.2) is 12.2 Å². The Labute approximate surface area is 277 Å². The van der Waals surface area contributed by atoms with Crippen molar-refractivity contribution in [3.63, 3.8) is 0 Å². The molecule has 0 aromatic heterocycles. The summed E-state index contributed by atoms with van der Waals surface area (Å²) < 4.78 is 34.7. The van der Waals surface area contributed by atoms with Crippen LogP contribution < -0.4 is 5.32 Å². The number of nitrogens with one attached hydrogen (secondary N) is 1. The Morgan fingerprint density at radius 3 is 1.81 bits per heavy atom. The molecule has 0 bridgehead atoms. The zero-order chi connectivity index (χ0) is 34.9. The van der Waals surface area contributed by atoms with E-state index in [-0.39, 0.29) is 50.7 Å². The number of ether oxygens (including phenoxy) is 7. The van der Waals surface area contributed by atoms with Crippen LogP contribution in [0.2, 0.25) is 0 Å². The number of aryl methyl sites for hydroxylation is 2. The number of epoxide rings is 1. The minimum absolute atomic E-state index is 0.00347. The lowest BCUT2D eigenvalue weighted by Gasteiger charge is -2.20. The fourth-order valence-electron chi connectivity index (χ4n) is 4.90. The Morgan fingerprint density at radius 2 is 1.32 bits per heavy atom. The first-order valence-electron chi connectivity index (χ1n) is 16.6. The molecule has 266 valence electrons. The van der Waals surface area contributed by atoms with Crippen molar-refractivity contribution in [2.75, 3.05) is 45.0 Å². The van der Waals surface area contributed by atoms with Gasteiger partial charge in [-0.25, -0.2) is 19.2 Å². The maximum Gasteiger partial charge on any atom is 0.412 e. The van der Waals surface area contributed by atoms with Gasteiger partial charge >= 0.3 is 24.0 Å². The SMILES string of the molecule is CCOC(=O)[C@@H](COC(C)C)OC(=O)Nc1c2c(cc3c1CCC3)CCC2.CCOC(=O)[C@H](O)COC(C)C.CCOC(=O)[C@H]1CO1. The molecule has 1 fully saturated rings. The van der Waals surface area contributed by atoms with Gasteiger partial charge in [0.05, 0.1) is 57.5 Å². The highest BCUT2D eigenvalue weighted by molar-refractivity contribution is 5.90. The molecule has 1 saturated heterocycles. The third-order valence-electron chi connectivity index (χ3n) is 7.11. The Kier molecular flexibility index (Phi) is 17.7. The molecular formula is C34H53NO12.